The number of carbonyl (C=O) groups excluding carboxylic acids is 12. The minimum absolute atomic E-state index is 0.00776. The Morgan fingerprint density at radius 3 is 2.21 bits per heavy atom. The van der Waals surface area contributed by atoms with E-state index in [1.807, 2.05) is 67.6 Å². The molecule has 4 fully saturated rings. The van der Waals surface area contributed by atoms with Gasteiger partial charge in [-0.25, -0.2) is 9.59 Å². The molecule has 0 radical (unpaired) electrons. The fourth-order valence-corrected chi connectivity index (χ4v) is 22.3. The van der Waals surface area contributed by atoms with Crippen LogP contribution in [0.5, 0.6) is 11.5 Å². The van der Waals surface area contributed by atoms with Gasteiger partial charge in [-0.3, -0.25) is 52.9 Å². The number of hydroxylamine groups is 1. The Balaban J connectivity index is 0.675. The number of nitrogens with two attached hydrogens (primary N) is 1. The number of ketones is 5. The summed E-state index contributed by atoms with van der Waals surface area (Å²) in [6.45, 7) is 17.6. The van der Waals surface area contributed by atoms with Crippen LogP contribution in [0.2, 0.25) is 0 Å². The molecule has 17 unspecified atom stereocenters. The maximum atomic E-state index is 14.6. The number of hydrogen-bond acceptors (Lipinski definition) is 32. The Kier molecular flexibility index (Phi) is 41.7. The molecule has 4 aromatic rings. The lowest BCUT2D eigenvalue weighted by molar-refractivity contribution is -0.335. The number of aliphatic hydroxyl groups is 5. The van der Waals surface area contributed by atoms with Crippen molar-refractivity contribution in [2.45, 2.75) is 299 Å². The number of nitrogens with zero attached hydrogens (tertiary/aromatic N) is 1. The summed E-state index contributed by atoms with van der Waals surface area (Å²) in [5, 5.41) is 69.7. The van der Waals surface area contributed by atoms with Gasteiger partial charge in [-0.1, -0.05) is 107 Å². The third kappa shape index (κ3) is 30.7. The molecule has 0 saturated carbocycles. The molecule has 2 bridgehead atoms. The van der Waals surface area contributed by atoms with Gasteiger partial charge < -0.3 is 110 Å². The quantitative estimate of drug-likeness (QED) is 0.00488. The average molecular weight is 2130 g/mol. The third-order valence-electron chi connectivity index (χ3n) is 25.8. The Labute approximate surface area is 845 Å². The second-order valence-electron chi connectivity index (χ2n) is 37.1. The predicted octanol–water partition coefficient (Wildman–Crippen LogP) is 9.61. The van der Waals surface area contributed by atoms with Crippen molar-refractivity contribution in [1.29, 1.82) is 0 Å². The maximum absolute atomic E-state index is 14.6. The molecular formula is C101H129IN8O28S3. The number of allylic oxidation sites excluding steroid dienone is 3. The van der Waals surface area contributed by atoms with Crippen molar-refractivity contribution in [3.8, 4) is 35.2 Å². The number of primary amides is 1. The number of carbonyl (C=O) groups is 12. The number of anilines is 1. The van der Waals surface area contributed by atoms with E-state index in [2.05, 4.69) is 55.4 Å². The lowest BCUT2D eigenvalue weighted by atomic mass is 9.72. The average Bonchev–Trinajstić information content (AvgIpc) is 1.17. The van der Waals surface area contributed by atoms with Crippen molar-refractivity contribution in [2.75, 3.05) is 51.5 Å². The van der Waals surface area contributed by atoms with Gasteiger partial charge in [0, 0.05) is 158 Å². The second-order valence-corrected chi connectivity index (χ2v) is 42.4. The van der Waals surface area contributed by atoms with E-state index < -0.39 is 161 Å². The molecule has 21 atom stereocenters. The highest BCUT2D eigenvalue weighted by Gasteiger charge is 2.53. The third-order valence-corrected chi connectivity index (χ3v) is 31.7. The van der Waals surface area contributed by atoms with Crippen LogP contribution >= 0.6 is 55.9 Å². The number of aromatic amines is 1. The Bertz CT molecular complexity index is 5420. The van der Waals surface area contributed by atoms with Gasteiger partial charge in [0.1, 0.15) is 72.1 Å². The van der Waals surface area contributed by atoms with Gasteiger partial charge in [0.05, 0.1) is 71.0 Å². The van der Waals surface area contributed by atoms with Crippen LogP contribution in [0.15, 0.2) is 102 Å². The molecule has 11 rings (SSSR count). The number of alkyl carbamates (subject to hydrolysis) is 1. The zero-order valence-corrected chi connectivity index (χ0v) is 85.8. The van der Waals surface area contributed by atoms with Crippen LogP contribution in [0.4, 0.5) is 15.3 Å². The molecule has 141 heavy (non-hydrogen) atoms. The first-order chi connectivity index (χ1) is 67.1. The number of para-hydroxylation sites is 1. The van der Waals surface area contributed by atoms with Gasteiger partial charge in [-0.15, -0.1) is 0 Å². The van der Waals surface area contributed by atoms with Crippen LogP contribution in [-0.2, 0) is 98.9 Å². The molecule has 2 aliphatic carbocycles. The number of thioether (sulfide) groups is 1. The topological polar surface area (TPSA) is 513 Å². The van der Waals surface area contributed by atoms with Crippen LogP contribution < -0.4 is 42.0 Å². The summed E-state index contributed by atoms with van der Waals surface area (Å²) in [6.07, 6.45) is -6.39. The Hall–Kier alpha value is -9.26. The van der Waals surface area contributed by atoms with Gasteiger partial charge in [-0.05, 0) is 182 Å². The van der Waals surface area contributed by atoms with Crippen LogP contribution in [0, 0.1) is 58.9 Å². The van der Waals surface area contributed by atoms with Crippen molar-refractivity contribution < 1.29 is 135 Å². The van der Waals surface area contributed by atoms with Crippen LogP contribution in [0.25, 0.3) is 10.9 Å². The summed E-state index contributed by atoms with van der Waals surface area (Å²) in [6, 6.07) is 11.1. The standard InChI is InChI=1S/C101H129IN8O28S3/c1-54-44-80(130-53-65(54)45-55(2)111)136-92-87(121)85(109-138-81-49-74(115)93(61(8)132-81)140-95(124)82-57(4)84(102)90(58(5)89(82)128-11)137-96-88(122)91(129-12)86(120)60(7)134-96)59(6)133-97(92)135-76-28-16-13-14-20-38-101(127)50-75(116)69(46-56(3)112)83(76)70(101)37-43-139-141-100(9,10)39-36-67(113)25-23-41-105-99(126)131-52-62-30-32-66(33-31-62)107-94(123)63(24-22-40-104-98(103)125)48-73(114)72(47-64-51-106-71-27-19-18-26-68(64)71)108-77(117)29-17-15-21-42-110-78(118)34-35-79(110)119/h13-14,18-19,26-27,30-35,37,51,54,59-61,63,65,72,74,76,80-81,85-88,91-93,96-97,106,109,115,120-122,127H,15,17,21-25,29,36,39-50,52-53H2,1-12H3,(H,105,126)(H,107,123)(H,108,117)(H3,103,104,125)/b14-13-,70-37-/t54?,59?,60?,61?,63-,65?,72+,74?,76+,80?,81?,85?,86?,87?,88?,91?,92?,93?,96?,97?,101+/m1/s1. The molecule has 7 aliphatic rings. The first-order valence-electron chi connectivity index (χ1n) is 47.4. The molecule has 6 heterocycles. The van der Waals surface area contributed by atoms with Crippen molar-refractivity contribution in [1.82, 2.24) is 31.3 Å². The Morgan fingerprint density at radius 1 is 0.787 bits per heavy atom. The molecular weight excluding hydrogens is 2000 g/mol. The van der Waals surface area contributed by atoms with E-state index in [0.29, 0.717) is 58.1 Å². The normalized spacial score (nSPS) is 27.1. The number of halogens is 1. The number of ether oxygens (including phenoxy) is 10. The van der Waals surface area contributed by atoms with Crippen LogP contribution in [0.3, 0.4) is 0 Å². The number of unbranched alkanes of at least 4 members (excludes halogenated alkanes) is 2. The largest absolute Gasteiger partial charge is 0.496 e. The predicted molar refractivity (Wildman–Crippen MR) is 533 cm³/mol. The van der Waals surface area contributed by atoms with Crippen molar-refractivity contribution in [3.05, 3.63) is 133 Å². The molecule has 0 spiro atoms. The van der Waals surface area contributed by atoms with E-state index in [9.17, 15) is 83.1 Å². The van der Waals surface area contributed by atoms with E-state index >= 15 is 0 Å². The van der Waals surface area contributed by atoms with E-state index in [0.717, 1.165) is 33.1 Å². The molecule has 766 valence electrons. The highest BCUT2D eigenvalue weighted by Crippen LogP contribution is 2.47. The number of Topliss-reactive ketones (excluding diaryl/α,β-unsaturated/α-hetero) is 5. The molecule has 40 heteroatoms. The van der Waals surface area contributed by atoms with E-state index in [4.69, 9.17) is 57.9 Å². The number of amides is 7. The van der Waals surface area contributed by atoms with E-state index in [-0.39, 0.29) is 190 Å². The van der Waals surface area contributed by atoms with Gasteiger partial charge >= 0.3 is 12.1 Å². The summed E-state index contributed by atoms with van der Waals surface area (Å²) in [7, 11) is 5.64. The number of hydrogen-bond donors (Lipinski definition) is 12. The SMILES string of the molecule is COc1c(C)c(OC2OC(C)C(O)C(OC)C2O)c(I)c(C)c1C(=O)SC1C(O)CC(ONC2C(C)OC(O[C@H]3C#C/C=C\C#C[C@]4(O)CC(=O)C(CC(C)=O)=C3/C4=C/CSSC(C)(C)CCC(=O)CCCNC(=O)OCc3ccc(NC(=O)[C@H](CCCNC(N)=O)CC(=O)[C@H](Cc4c[nH]c5ccccc45)NC(=O)CCCCCN4C(=O)C=CC4=O)cc3)C(OC3CC(C)C(CC(C)=O)CO3)C2O)OC1C. The number of methoxy groups -OCH3 is 2. The lowest BCUT2D eigenvalue weighted by Crippen LogP contribution is -2.64. The summed E-state index contributed by atoms with van der Waals surface area (Å²) in [4.78, 5) is 170. The number of fused-ring (bicyclic) bond motifs is 3. The van der Waals surface area contributed by atoms with Crippen molar-refractivity contribution >= 4 is 142 Å². The van der Waals surface area contributed by atoms with Gasteiger partial charge in [0.25, 0.3) is 11.8 Å². The van der Waals surface area contributed by atoms with Gasteiger partial charge in [0.2, 0.25) is 23.2 Å². The molecule has 4 saturated heterocycles. The number of imide groups is 1. The Morgan fingerprint density at radius 2 is 1.51 bits per heavy atom. The number of urea groups is 1. The minimum atomic E-state index is -2.15. The highest BCUT2D eigenvalue weighted by atomic mass is 127. The second kappa shape index (κ2) is 52.5. The monoisotopic (exact) mass is 2120 g/mol. The number of nitrogens with one attached hydrogen (secondary N) is 6. The van der Waals surface area contributed by atoms with Gasteiger partial charge in [0.15, 0.2) is 36.0 Å². The molecule has 3 aromatic carbocycles. The maximum Gasteiger partial charge on any atom is 0.407 e. The highest BCUT2D eigenvalue weighted by molar-refractivity contribution is 14.1. The number of H-pyrrole nitrogens is 1. The fourth-order valence-electron chi connectivity index (χ4n) is 17.9. The van der Waals surface area contributed by atoms with E-state index in [1.54, 1.807) is 71.2 Å². The van der Waals surface area contributed by atoms with Crippen LogP contribution in [-0.4, -0.2) is 265 Å². The summed E-state index contributed by atoms with van der Waals surface area (Å²) < 4.78 is 61.8. The lowest BCUT2D eigenvalue weighted by Gasteiger charge is -2.46. The smallest absolute Gasteiger partial charge is 0.407 e. The summed E-state index contributed by atoms with van der Waals surface area (Å²) in [5.74, 6) is 8.13. The van der Waals surface area contributed by atoms with Crippen molar-refractivity contribution in [2.24, 2.45) is 23.5 Å². The molecule has 36 nitrogen and oxygen atoms in total. The number of rotatable bonds is 48. The first-order valence-corrected chi connectivity index (χ1v) is 51.7. The van der Waals surface area contributed by atoms with Crippen molar-refractivity contribution in [3.63, 3.8) is 0 Å². The first kappa shape index (κ1) is 112. The minimum Gasteiger partial charge on any atom is -0.496 e. The summed E-state index contributed by atoms with van der Waals surface area (Å²) in [5.41, 5.74) is 9.97. The molecule has 13 N–H and O–H groups in total. The number of aromatic nitrogens is 1. The molecule has 5 aliphatic heterocycles. The zero-order valence-electron chi connectivity index (χ0n) is 81.1. The zero-order chi connectivity index (χ0) is 102. The molecule has 1 aromatic heterocycles. The summed E-state index contributed by atoms with van der Waals surface area (Å²) >= 11 is 2.89. The van der Waals surface area contributed by atoms with Crippen LogP contribution in [0.1, 0.15) is 191 Å². The van der Waals surface area contributed by atoms with E-state index in [1.165, 1.54) is 74.0 Å². The van der Waals surface area contributed by atoms with Gasteiger partial charge in [-0.2, -0.15) is 5.48 Å². The fraction of sp³-hybridized carbons (Fsp3) is 0.564. The number of aliphatic hydroxyl groups excluding tert-OH is 4. The molecule has 7 amide bonds. The number of benzene rings is 3.